The highest BCUT2D eigenvalue weighted by molar-refractivity contribution is 5.26. The molecule has 3 N–H and O–H groups in total. The maximum atomic E-state index is 13.2. The maximum Gasteiger partial charge on any atom is 0.126 e. The summed E-state index contributed by atoms with van der Waals surface area (Å²) in [5.74, 6) is 6.34. The predicted octanol–water partition coefficient (Wildman–Crippen LogP) is 2.93. The van der Waals surface area contributed by atoms with E-state index in [2.05, 4.69) is 26.2 Å². The number of nitrogens with one attached hydrogen (secondary N) is 1. The predicted molar refractivity (Wildman–Crippen MR) is 65.2 cm³/mol. The van der Waals surface area contributed by atoms with E-state index in [9.17, 15) is 4.39 Å². The van der Waals surface area contributed by atoms with Gasteiger partial charge in [-0.3, -0.25) is 11.3 Å². The quantitative estimate of drug-likeness (QED) is 0.609. The Bertz CT molecular complexity index is 350. The number of nitrogens with two attached hydrogens (primary N) is 1. The van der Waals surface area contributed by atoms with Crippen LogP contribution < -0.4 is 11.3 Å². The second-order valence-corrected chi connectivity index (χ2v) is 4.76. The molecule has 0 saturated heterocycles. The summed E-state index contributed by atoms with van der Waals surface area (Å²) in [5, 5.41) is 0. The number of hydrazine groups is 1. The van der Waals surface area contributed by atoms with E-state index in [0.29, 0.717) is 17.4 Å². The lowest BCUT2D eigenvalue weighted by molar-refractivity contribution is 0.306. The van der Waals surface area contributed by atoms with Crippen molar-refractivity contribution < 1.29 is 4.39 Å². The van der Waals surface area contributed by atoms with Crippen LogP contribution >= 0.6 is 0 Å². The van der Waals surface area contributed by atoms with Gasteiger partial charge < -0.3 is 0 Å². The molecule has 0 radical (unpaired) electrons. The summed E-state index contributed by atoms with van der Waals surface area (Å²) in [4.78, 5) is 0. The van der Waals surface area contributed by atoms with Gasteiger partial charge in [0.2, 0.25) is 0 Å². The molecule has 0 amide bonds. The Morgan fingerprint density at radius 1 is 1.25 bits per heavy atom. The Balaban J connectivity index is 2.99. The van der Waals surface area contributed by atoms with E-state index >= 15 is 0 Å². The van der Waals surface area contributed by atoms with Crippen LogP contribution in [0.1, 0.15) is 37.9 Å². The average Bonchev–Trinajstić information content (AvgIpc) is 2.24. The first-order valence-electron chi connectivity index (χ1n) is 5.69. The molecule has 0 aliphatic carbocycles. The van der Waals surface area contributed by atoms with Crippen LogP contribution in [0, 0.1) is 24.6 Å². The van der Waals surface area contributed by atoms with Crippen molar-refractivity contribution in [2.24, 2.45) is 17.7 Å². The molecule has 1 rings (SSSR count). The van der Waals surface area contributed by atoms with Gasteiger partial charge in [0.15, 0.2) is 0 Å². The standard InChI is InChI=1S/C13H21FN2/c1-8(2)10(4)13(16-15)11-5-6-12(14)9(3)7-11/h5-8,10,13,16H,15H2,1-4H3. The van der Waals surface area contributed by atoms with Crippen LogP contribution in [0.2, 0.25) is 0 Å². The molecule has 90 valence electrons. The van der Waals surface area contributed by atoms with E-state index in [0.717, 1.165) is 5.56 Å². The van der Waals surface area contributed by atoms with Crippen LogP contribution in [0.25, 0.3) is 0 Å². The molecule has 3 heteroatoms. The van der Waals surface area contributed by atoms with Crippen molar-refractivity contribution in [1.82, 2.24) is 5.43 Å². The lowest BCUT2D eigenvalue weighted by Gasteiger charge is -2.27. The Hall–Kier alpha value is -0.930. The minimum Gasteiger partial charge on any atom is -0.271 e. The molecule has 0 saturated carbocycles. The molecule has 0 heterocycles. The van der Waals surface area contributed by atoms with E-state index in [1.807, 2.05) is 6.07 Å². The summed E-state index contributed by atoms with van der Waals surface area (Å²) >= 11 is 0. The molecular formula is C13H21FN2. The van der Waals surface area contributed by atoms with Gasteiger partial charge in [-0.15, -0.1) is 0 Å². The van der Waals surface area contributed by atoms with Crippen molar-refractivity contribution in [1.29, 1.82) is 0 Å². The molecule has 2 atom stereocenters. The number of aryl methyl sites for hydroxylation is 1. The fourth-order valence-electron chi connectivity index (χ4n) is 1.80. The number of hydrogen-bond acceptors (Lipinski definition) is 2. The molecule has 2 nitrogen and oxygen atoms in total. The molecule has 1 aromatic rings. The summed E-state index contributed by atoms with van der Waals surface area (Å²) in [6.45, 7) is 8.23. The number of rotatable bonds is 4. The number of hydrogen-bond donors (Lipinski definition) is 2. The highest BCUT2D eigenvalue weighted by Gasteiger charge is 2.21. The van der Waals surface area contributed by atoms with Crippen LogP contribution in [0.5, 0.6) is 0 Å². The lowest BCUT2D eigenvalue weighted by Crippen LogP contribution is -2.34. The number of halogens is 1. The Labute approximate surface area is 97.0 Å². The summed E-state index contributed by atoms with van der Waals surface area (Å²) in [7, 11) is 0. The third-order valence-corrected chi connectivity index (χ3v) is 3.30. The second-order valence-electron chi connectivity index (χ2n) is 4.76. The van der Waals surface area contributed by atoms with Gasteiger partial charge in [-0.25, -0.2) is 4.39 Å². The van der Waals surface area contributed by atoms with Crippen LogP contribution in [0.4, 0.5) is 4.39 Å². The van der Waals surface area contributed by atoms with Gasteiger partial charge in [0.05, 0.1) is 0 Å². The van der Waals surface area contributed by atoms with Crippen LogP contribution in [0.3, 0.4) is 0 Å². The first-order valence-corrected chi connectivity index (χ1v) is 5.69. The first kappa shape index (κ1) is 13.1. The Kier molecular flexibility index (Phi) is 4.44. The molecule has 2 unspecified atom stereocenters. The van der Waals surface area contributed by atoms with Crippen molar-refractivity contribution in [3.8, 4) is 0 Å². The monoisotopic (exact) mass is 224 g/mol. The van der Waals surface area contributed by atoms with Crippen molar-refractivity contribution >= 4 is 0 Å². The zero-order valence-electron chi connectivity index (χ0n) is 10.4. The summed E-state index contributed by atoms with van der Waals surface area (Å²) in [6.07, 6.45) is 0. The minimum atomic E-state index is -0.170. The van der Waals surface area contributed by atoms with Crippen molar-refractivity contribution in [3.05, 3.63) is 35.1 Å². The molecule has 0 fully saturated rings. The van der Waals surface area contributed by atoms with Gasteiger partial charge in [-0.1, -0.05) is 32.9 Å². The second kappa shape index (κ2) is 5.41. The van der Waals surface area contributed by atoms with Gasteiger partial charge in [0, 0.05) is 6.04 Å². The normalized spacial score (nSPS) is 15.2. The smallest absolute Gasteiger partial charge is 0.126 e. The summed E-state index contributed by atoms with van der Waals surface area (Å²) in [6, 6.07) is 5.23. The SMILES string of the molecule is Cc1cc(C(NN)C(C)C(C)C)ccc1F. The van der Waals surface area contributed by atoms with Gasteiger partial charge in [0.1, 0.15) is 5.82 Å². The van der Waals surface area contributed by atoms with Gasteiger partial charge in [0.25, 0.3) is 0 Å². The molecular weight excluding hydrogens is 203 g/mol. The van der Waals surface area contributed by atoms with Crippen LogP contribution in [-0.2, 0) is 0 Å². The topological polar surface area (TPSA) is 38.0 Å². The fourth-order valence-corrected chi connectivity index (χ4v) is 1.80. The van der Waals surface area contributed by atoms with Crippen molar-refractivity contribution in [2.75, 3.05) is 0 Å². The van der Waals surface area contributed by atoms with Gasteiger partial charge in [-0.2, -0.15) is 0 Å². The van der Waals surface area contributed by atoms with E-state index in [-0.39, 0.29) is 11.9 Å². The zero-order valence-corrected chi connectivity index (χ0v) is 10.4. The van der Waals surface area contributed by atoms with E-state index in [1.165, 1.54) is 6.07 Å². The minimum absolute atomic E-state index is 0.0688. The lowest BCUT2D eigenvalue weighted by atomic mass is 9.86. The fraction of sp³-hybridized carbons (Fsp3) is 0.538. The summed E-state index contributed by atoms with van der Waals surface area (Å²) < 4.78 is 13.2. The van der Waals surface area contributed by atoms with Gasteiger partial charge in [-0.05, 0) is 36.0 Å². The van der Waals surface area contributed by atoms with Crippen molar-refractivity contribution in [3.63, 3.8) is 0 Å². The molecule has 1 aromatic carbocycles. The molecule has 0 bridgehead atoms. The molecule has 0 aromatic heterocycles. The first-order chi connectivity index (χ1) is 7.47. The number of benzene rings is 1. The van der Waals surface area contributed by atoms with E-state index in [4.69, 9.17) is 5.84 Å². The highest BCUT2D eigenvalue weighted by atomic mass is 19.1. The molecule has 0 aliphatic rings. The average molecular weight is 224 g/mol. The molecule has 0 aliphatic heterocycles. The Morgan fingerprint density at radius 3 is 2.31 bits per heavy atom. The zero-order chi connectivity index (χ0) is 12.3. The van der Waals surface area contributed by atoms with E-state index in [1.54, 1.807) is 13.0 Å². The third-order valence-electron chi connectivity index (χ3n) is 3.30. The van der Waals surface area contributed by atoms with Crippen molar-refractivity contribution in [2.45, 2.75) is 33.7 Å². The van der Waals surface area contributed by atoms with Crippen LogP contribution in [0.15, 0.2) is 18.2 Å². The third kappa shape index (κ3) is 2.80. The largest absolute Gasteiger partial charge is 0.271 e. The van der Waals surface area contributed by atoms with E-state index < -0.39 is 0 Å². The summed E-state index contributed by atoms with van der Waals surface area (Å²) in [5.41, 5.74) is 4.53. The maximum absolute atomic E-state index is 13.2. The molecule has 16 heavy (non-hydrogen) atoms. The molecule has 0 spiro atoms. The Morgan fingerprint density at radius 2 is 1.88 bits per heavy atom. The van der Waals surface area contributed by atoms with Crippen LogP contribution in [-0.4, -0.2) is 0 Å². The van der Waals surface area contributed by atoms with Gasteiger partial charge >= 0.3 is 0 Å². The highest BCUT2D eigenvalue weighted by Crippen LogP contribution is 2.27.